The molecule has 2 N–H and O–H groups in total. The van der Waals surface area contributed by atoms with Crippen molar-refractivity contribution in [2.75, 3.05) is 12.4 Å². The van der Waals surface area contributed by atoms with Crippen LogP contribution in [0.2, 0.25) is 0 Å². The Balaban J connectivity index is 0.00000150. The normalized spacial score (nSPS) is 12.4. The van der Waals surface area contributed by atoms with E-state index in [0.717, 1.165) is 50.2 Å². The molecule has 216 valence electrons. The Kier molecular flexibility index (Phi) is 15.3. The van der Waals surface area contributed by atoms with E-state index in [1.165, 1.54) is 0 Å². The monoisotopic (exact) mass is 560 g/mol. The van der Waals surface area contributed by atoms with E-state index in [9.17, 15) is 4.79 Å². The molecular weight excluding hydrogens is 512 g/mol. The van der Waals surface area contributed by atoms with Crippen LogP contribution in [-0.2, 0) is 7.05 Å². The molecule has 0 amide bonds. The topological polar surface area (TPSA) is 59.0 Å². The Morgan fingerprint density at radius 3 is 2.38 bits per heavy atom. The average Bonchev–Trinajstić information content (AvgIpc) is 3.48. The van der Waals surface area contributed by atoms with Gasteiger partial charge in [-0.05, 0) is 73.7 Å². The molecule has 0 unspecified atom stereocenters. The smallest absolute Gasteiger partial charge is 0.258 e. The molecule has 0 bridgehead atoms. The van der Waals surface area contributed by atoms with E-state index in [2.05, 4.69) is 79.4 Å². The molecule has 3 rings (SSSR count). The fourth-order valence-electron chi connectivity index (χ4n) is 3.99. The number of thiazole rings is 1. The number of nitrogens with zero attached hydrogens (tertiary/aromatic N) is 2. The van der Waals surface area contributed by atoms with Crippen molar-refractivity contribution < 1.29 is 0 Å². The predicted molar refractivity (Wildman–Crippen MR) is 179 cm³/mol. The highest BCUT2D eigenvalue weighted by molar-refractivity contribution is 7.10. The highest BCUT2D eigenvalue weighted by atomic mass is 32.1. The van der Waals surface area contributed by atoms with Gasteiger partial charge in [0, 0.05) is 47.8 Å². The van der Waals surface area contributed by atoms with Crippen LogP contribution in [-0.4, -0.2) is 16.6 Å². The first-order chi connectivity index (χ1) is 19.2. The van der Waals surface area contributed by atoms with Crippen molar-refractivity contribution in [1.29, 1.82) is 0 Å². The van der Waals surface area contributed by atoms with Gasteiger partial charge in [-0.25, -0.2) is 4.98 Å². The predicted octanol–water partition coefficient (Wildman–Crippen LogP) is 7.24. The Morgan fingerprint density at radius 1 is 1.18 bits per heavy atom. The summed E-state index contributed by atoms with van der Waals surface area (Å²) in [4.78, 5) is 17.9. The summed E-state index contributed by atoms with van der Waals surface area (Å²) < 4.78 is 1.76. The summed E-state index contributed by atoms with van der Waals surface area (Å²) >= 11 is 1.62. The summed E-state index contributed by atoms with van der Waals surface area (Å²) in [6.45, 7) is 19.7. The lowest BCUT2D eigenvalue weighted by molar-refractivity contribution is 0.796. The number of aryl methyl sites for hydroxylation is 1. The molecule has 5 nitrogen and oxygen atoms in total. The number of pyridine rings is 1. The van der Waals surface area contributed by atoms with Crippen molar-refractivity contribution >= 4 is 34.7 Å². The van der Waals surface area contributed by atoms with Crippen LogP contribution in [0.3, 0.4) is 0 Å². The Morgan fingerprint density at radius 2 is 1.85 bits per heavy atom. The van der Waals surface area contributed by atoms with Crippen molar-refractivity contribution in [2.24, 2.45) is 13.0 Å². The van der Waals surface area contributed by atoms with E-state index in [4.69, 9.17) is 0 Å². The SMILES string of the molecule is C/C=c1/cc(-c2cc(N/C(=C/C(=C\CC)c3nccs3)NC)ccc2C)c(=O)n(C)/c1=C/C(C)C.C=CC.CC. The molecule has 1 aromatic carbocycles. The number of benzene rings is 1. The number of nitrogens with one attached hydrogen (secondary N) is 2. The van der Waals surface area contributed by atoms with Crippen LogP contribution in [0.25, 0.3) is 28.9 Å². The van der Waals surface area contributed by atoms with Crippen molar-refractivity contribution in [3.8, 4) is 11.1 Å². The zero-order valence-corrected chi connectivity index (χ0v) is 26.9. The van der Waals surface area contributed by atoms with E-state index < -0.39 is 0 Å². The zero-order valence-electron chi connectivity index (χ0n) is 26.1. The van der Waals surface area contributed by atoms with E-state index in [1.54, 1.807) is 22.0 Å². The molecule has 2 aromatic heterocycles. The molecule has 6 heteroatoms. The van der Waals surface area contributed by atoms with Gasteiger partial charge in [-0.3, -0.25) is 4.79 Å². The zero-order chi connectivity index (χ0) is 30.2. The molecule has 3 aromatic rings. The summed E-state index contributed by atoms with van der Waals surface area (Å²) in [5, 5.41) is 11.7. The summed E-state index contributed by atoms with van der Waals surface area (Å²) in [6, 6.07) is 8.16. The quantitative estimate of drug-likeness (QED) is 0.225. The largest absolute Gasteiger partial charge is 0.375 e. The number of allylic oxidation sites excluding steroid dienone is 4. The number of rotatable bonds is 8. The lowest BCUT2D eigenvalue weighted by atomic mass is 9.99. The van der Waals surface area contributed by atoms with Gasteiger partial charge in [0.05, 0.1) is 0 Å². The first kappa shape index (κ1) is 34.4. The molecule has 40 heavy (non-hydrogen) atoms. The number of aromatic nitrogens is 2. The summed E-state index contributed by atoms with van der Waals surface area (Å²) in [5.74, 6) is 1.20. The van der Waals surface area contributed by atoms with Crippen LogP contribution in [0.1, 0.15) is 65.5 Å². The average molecular weight is 561 g/mol. The Hall–Kier alpha value is -3.64. The fourth-order valence-corrected chi connectivity index (χ4v) is 4.64. The molecule has 0 saturated heterocycles. The van der Waals surface area contributed by atoms with Crippen molar-refractivity contribution in [1.82, 2.24) is 14.9 Å². The Labute approximate surface area is 245 Å². The maximum atomic E-state index is 13.4. The molecule has 0 fully saturated rings. The number of anilines is 1. The molecule has 0 radical (unpaired) electrons. The molecular formula is C34H48N4OS. The molecule has 0 aliphatic rings. The maximum absolute atomic E-state index is 13.4. The van der Waals surface area contributed by atoms with Crippen molar-refractivity contribution in [3.63, 3.8) is 0 Å². The van der Waals surface area contributed by atoms with Gasteiger partial charge in [0.2, 0.25) is 0 Å². The lowest BCUT2D eigenvalue weighted by Gasteiger charge is -2.15. The first-order valence-corrected chi connectivity index (χ1v) is 14.9. The highest BCUT2D eigenvalue weighted by Crippen LogP contribution is 2.25. The van der Waals surface area contributed by atoms with Gasteiger partial charge < -0.3 is 15.2 Å². The summed E-state index contributed by atoms with van der Waals surface area (Å²) in [6.07, 6.45) is 12.9. The molecule has 0 saturated carbocycles. The van der Waals surface area contributed by atoms with E-state index in [0.29, 0.717) is 11.5 Å². The minimum atomic E-state index is 0.00377. The first-order valence-electron chi connectivity index (χ1n) is 14.0. The van der Waals surface area contributed by atoms with Gasteiger partial charge in [0.15, 0.2) is 0 Å². The van der Waals surface area contributed by atoms with Gasteiger partial charge in [-0.2, -0.15) is 0 Å². The van der Waals surface area contributed by atoms with Crippen LogP contribution in [0.4, 0.5) is 5.69 Å². The fraction of sp³-hybridized carbons (Fsp3) is 0.353. The van der Waals surface area contributed by atoms with Crippen LogP contribution in [0, 0.1) is 12.8 Å². The molecule has 0 spiro atoms. The summed E-state index contributed by atoms with van der Waals surface area (Å²) in [5.41, 5.74) is 4.66. The molecule has 0 aliphatic heterocycles. The van der Waals surface area contributed by atoms with Crippen molar-refractivity contribution in [2.45, 2.75) is 61.8 Å². The van der Waals surface area contributed by atoms with Gasteiger partial charge in [-0.15, -0.1) is 17.9 Å². The van der Waals surface area contributed by atoms with Crippen molar-refractivity contribution in [3.05, 3.63) is 98.0 Å². The van der Waals surface area contributed by atoms with Crippen LogP contribution >= 0.6 is 11.3 Å². The summed E-state index contributed by atoms with van der Waals surface area (Å²) in [7, 11) is 3.74. The molecule has 0 aliphatic carbocycles. The standard InChI is InChI=1S/C29H36N4OS.C3H6.C2H6/c1-8-10-22(28-31-13-14-35-28)17-27(30-6)32-23-12-11-20(5)24(18-23)25-16-21(9-2)26(15-19(3)4)33(7)29(25)34;1-3-2;1-2/h9-19,30,32H,8H2,1-7H3;3H,1H2,2H3;1-2H3/b21-9-,22-10+,26-15+,27-17+;;. The van der Waals surface area contributed by atoms with Gasteiger partial charge in [-0.1, -0.05) is 65.0 Å². The van der Waals surface area contributed by atoms with E-state index in [-0.39, 0.29) is 5.56 Å². The molecule has 2 heterocycles. The van der Waals surface area contributed by atoms with E-state index >= 15 is 0 Å². The third-order valence-corrected chi connectivity index (χ3v) is 6.60. The van der Waals surface area contributed by atoms with Crippen LogP contribution < -0.4 is 26.8 Å². The molecule has 0 atom stereocenters. The maximum Gasteiger partial charge on any atom is 0.258 e. The second kappa shape index (κ2) is 17.9. The van der Waals surface area contributed by atoms with Gasteiger partial charge in [0.1, 0.15) is 10.8 Å². The van der Waals surface area contributed by atoms with Gasteiger partial charge in [0.25, 0.3) is 5.56 Å². The van der Waals surface area contributed by atoms with Crippen LogP contribution in [0.15, 0.2) is 71.3 Å². The third-order valence-electron chi connectivity index (χ3n) is 5.77. The van der Waals surface area contributed by atoms with E-state index in [1.807, 2.05) is 72.4 Å². The minimum absolute atomic E-state index is 0.00377. The number of hydrogen-bond acceptors (Lipinski definition) is 5. The second-order valence-electron chi connectivity index (χ2n) is 9.24. The highest BCUT2D eigenvalue weighted by Gasteiger charge is 2.12. The van der Waals surface area contributed by atoms with Crippen LogP contribution in [0.5, 0.6) is 0 Å². The minimum Gasteiger partial charge on any atom is -0.375 e. The Bertz CT molecular complexity index is 1460. The lowest BCUT2D eigenvalue weighted by Crippen LogP contribution is -2.42. The second-order valence-corrected chi connectivity index (χ2v) is 10.1. The third kappa shape index (κ3) is 9.53. The van der Waals surface area contributed by atoms with Gasteiger partial charge >= 0.3 is 0 Å². The number of hydrogen-bond donors (Lipinski definition) is 2.